The fraction of sp³-hybridized carbons (Fsp3) is 0.846. The smallest absolute Gasteiger partial charge is 0.242 e. The average molecular weight is 255 g/mol. The number of nitrogens with zero attached hydrogens (tertiary/aromatic N) is 2. The van der Waals surface area contributed by atoms with Crippen LogP contribution in [0.25, 0.3) is 0 Å². The van der Waals surface area contributed by atoms with Crippen molar-refractivity contribution in [3.63, 3.8) is 0 Å². The predicted molar refractivity (Wildman–Crippen MR) is 71.2 cm³/mol. The van der Waals surface area contributed by atoms with E-state index in [1.54, 1.807) is 9.80 Å². The van der Waals surface area contributed by atoms with Crippen LogP contribution in [0, 0.1) is 0 Å². The molecule has 1 rings (SSSR count). The van der Waals surface area contributed by atoms with E-state index in [0.29, 0.717) is 13.1 Å². The molecule has 0 aromatic heterocycles. The Labute approximate surface area is 110 Å². The molecule has 1 aliphatic heterocycles. The summed E-state index contributed by atoms with van der Waals surface area (Å²) in [6.07, 6.45) is 0.893. The normalized spacial score (nSPS) is 17.6. The van der Waals surface area contributed by atoms with Gasteiger partial charge < -0.3 is 15.1 Å². The molecule has 5 heteroatoms. The first kappa shape index (κ1) is 15.0. The van der Waals surface area contributed by atoms with Crippen molar-refractivity contribution in [1.29, 1.82) is 0 Å². The van der Waals surface area contributed by atoms with Gasteiger partial charge in [-0.05, 0) is 27.2 Å². The SMILES string of the molecule is CCCN1CC(=O)N(CCNC(C)(C)C)CC1=O. The molecule has 1 N–H and O–H groups in total. The van der Waals surface area contributed by atoms with Crippen molar-refractivity contribution >= 4 is 11.8 Å². The van der Waals surface area contributed by atoms with Crippen molar-refractivity contribution in [2.45, 2.75) is 39.7 Å². The van der Waals surface area contributed by atoms with Gasteiger partial charge in [-0.2, -0.15) is 0 Å². The molecule has 0 atom stereocenters. The van der Waals surface area contributed by atoms with E-state index >= 15 is 0 Å². The molecule has 0 aromatic rings. The summed E-state index contributed by atoms with van der Waals surface area (Å²) in [5.74, 6) is 0.117. The number of carbonyl (C=O) groups excluding carboxylic acids is 2. The summed E-state index contributed by atoms with van der Waals surface area (Å²) < 4.78 is 0. The van der Waals surface area contributed by atoms with Gasteiger partial charge in [-0.25, -0.2) is 0 Å². The van der Waals surface area contributed by atoms with Crippen LogP contribution in [0.15, 0.2) is 0 Å². The van der Waals surface area contributed by atoms with Gasteiger partial charge in [0.1, 0.15) is 0 Å². The summed E-state index contributed by atoms with van der Waals surface area (Å²) in [7, 11) is 0. The highest BCUT2D eigenvalue weighted by atomic mass is 16.2. The molecule has 0 radical (unpaired) electrons. The lowest BCUT2D eigenvalue weighted by molar-refractivity contribution is -0.150. The Kier molecular flexibility index (Phi) is 5.14. The van der Waals surface area contributed by atoms with Crippen LogP contribution in [-0.4, -0.2) is 59.9 Å². The molecule has 1 fully saturated rings. The van der Waals surface area contributed by atoms with Crippen LogP contribution in [0.4, 0.5) is 0 Å². The maximum absolute atomic E-state index is 11.9. The second kappa shape index (κ2) is 6.18. The van der Waals surface area contributed by atoms with E-state index in [4.69, 9.17) is 0 Å². The quantitative estimate of drug-likeness (QED) is 0.776. The van der Waals surface area contributed by atoms with Gasteiger partial charge in [-0.1, -0.05) is 6.92 Å². The first-order valence-corrected chi connectivity index (χ1v) is 6.64. The van der Waals surface area contributed by atoms with Gasteiger partial charge in [-0.3, -0.25) is 9.59 Å². The lowest BCUT2D eigenvalue weighted by Gasteiger charge is -2.34. The van der Waals surface area contributed by atoms with Crippen molar-refractivity contribution in [3.8, 4) is 0 Å². The molecule has 0 saturated carbocycles. The zero-order valence-corrected chi connectivity index (χ0v) is 12.0. The fourth-order valence-corrected chi connectivity index (χ4v) is 1.95. The molecule has 104 valence electrons. The van der Waals surface area contributed by atoms with Crippen LogP contribution >= 0.6 is 0 Å². The lowest BCUT2D eigenvalue weighted by Crippen LogP contribution is -2.55. The molecule has 0 aromatic carbocycles. The third-order valence-electron chi connectivity index (χ3n) is 2.89. The molecule has 18 heavy (non-hydrogen) atoms. The van der Waals surface area contributed by atoms with Crippen molar-refractivity contribution in [1.82, 2.24) is 15.1 Å². The molecule has 0 bridgehead atoms. The molecule has 1 saturated heterocycles. The van der Waals surface area contributed by atoms with E-state index in [2.05, 4.69) is 26.1 Å². The number of amides is 2. The van der Waals surface area contributed by atoms with Crippen LogP contribution in [0.3, 0.4) is 0 Å². The Bertz CT molecular complexity index is 310. The molecule has 2 amide bonds. The molecule has 1 heterocycles. The number of piperazine rings is 1. The van der Waals surface area contributed by atoms with Gasteiger partial charge in [0.2, 0.25) is 11.8 Å². The summed E-state index contributed by atoms with van der Waals surface area (Å²) in [6.45, 7) is 10.7. The van der Waals surface area contributed by atoms with E-state index in [0.717, 1.165) is 13.0 Å². The van der Waals surface area contributed by atoms with Crippen molar-refractivity contribution < 1.29 is 9.59 Å². The van der Waals surface area contributed by atoms with Gasteiger partial charge in [0.15, 0.2) is 0 Å². The molecule has 0 unspecified atom stereocenters. The van der Waals surface area contributed by atoms with Gasteiger partial charge in [-0.15, -0.1) is 0 Å². The summed E-state index contributed by atoms with van der Waals surface area (Å²) in [4.78, 5) is 27.0. The third kappa shape index (κ3) is 4.64. The van der Waals surface area contributed by atoms with E-state index in [9.17, 15) is 9.59 Å². The van der Waals surface area contributed by atoms with Crippen LogP contribution in [-0.2, 0) is 9.59 Å². The van der Waals surface area contributed by atoms with Crippen molar-refractivity contribution in [2.75, 3.05) is 32.7 Å². The fourth-order valence-electron chi connectivity index (χ4n) is 1.95. The van der Waals surface area contributed by atoms with Gasteiger partial charge >= 0.3 is 0 Å². The summed E-state index contributed by atoms with van der Waals surface area (Å²) in [6, 6.07) is 0. The largest absolute Gasteiger partial charge is 0.332 e. The van der Waals surface area contributed by atoms with Gasteiger partial charge in [0, 0.05) is 25.2 Å². The Hall–Kier alpha value is -1.10. The summed E-state index contributed by atoms with van der Waals surface area (Å²) in [5.41, 5.74) is 0.0388. The minimum Gasteiger partial charge on any atom is -0.332 e. The highest BCUT2D eigenvalue weighted by Gasteiger charge is 2.28. The molecule has 5 nitrogen and oxygen atoms in total. The van der Waals surface area contributed by atoms with E-state index in [-0.39, 0.29) is 30.4 Å². The Morgan fingerprint density at radius 2 is 1.56 bits per heavy atom. The standard InChI is InChI=1S/C13H25N3O2/c1-5-7-15-9-12(18)16(10-11(15)17)8-6-14-13(2,3)4/h14H,5-10H2,1-4H3. The molecule has 0 spiro atoms. The second-order valence-corrected chi connectivity index (χ2v) is 5.81. The highest BCUT2D eigenvalue weighted by molar-refractivity contribution is 5.92. The first-order chi connectivity index (χ1) is 8.33. The average Bonchev–Trinajstić information content (AvgIpc) is 2.23. The number of nitrogens with one attached hydrogen (secondary N) is 1. The third-order valence-corrected chi connectivity index (χ3v) is 2.89. The molecule has 0 aliphatic carbocycles. The van der Waals surface area contributed by atoms with Crippen molar-refractivity contribution in [3.05, 3.63) is 0 Å². The lowest BCUT2D eigenvalue weighted by atomic mass is 10.1. The zero-order chi connectivity index (χ0) is 13.8. The second-order valence-electron chi connectivity index (χ2n) is 5.81. The first-order valence-electron chi connectivity index (χ1n) is 6.64. The van der Waals surface area contributed by atoms with Crippen LogP contribution in [0.5, 0.6) is 0 Å². The van der Waals surface area contributed by atoms with E-state index in [1.165, 1.54) is 0 Å². The van der Waals surface area contributed by atoms with E-state index < -0.39 is 0 Å². The molecular weight excluding hydrogens is 230 g/mol. The molecular formula is C13H25N3O2. The Morgan fingerprint density at radius 1 is 1.06 bits per heavy atom. The van der Waals surface area contributed by atoms with Crippen molar-refractivity contribution in [2.24, 2.45) is 0 Å². The maximum atomic E-state index is 11.9. The Morgan fingerprint density at radius 3 is 2.00 bits per heavy atom. The minimum absolute atomic E-state index is 0.0388. The number of rotatable bonds is 5. The van der Waals surface area contributed by atoms with Gasteiger partial charge in [0.05, 0.1) is 13.1 Å². The maximum Gasteiger partial charge on any atom is 0.242 e. The summed E-state index contributed by atoms with van der Waals surface area (Å²) in [5, 5.41) is 3.32. The van der Waals surface area contributed by atoms with E-state index in [1.807, 2.05) is 6.92 Å². The predicted octanol–water partition coefficient (Wildman–Crippen LogP) is 0.455. The zero-order valence-electron chi connectivity index (χ0n) is 12.0. The number of hydrogen-bond donors (Lipinski definition) is 1. The molecule has 1 aliphatic rings. The van der Waals surface area contributed by atoms with Crippen LogP contribution in [0.2, 0.25) is 0 Å². The minimum atomic E-state index is 0.0388. The van der Waals surface area contributed by atoms with Gasteiger partial charge in [0.25, 0.3) is 0 Å². The highest BCUT2D eigenvalue weighted by Crippen LogP contribution is 2.05. The summed E-state index contributed by atoms with van der Waals surface area (Å²) >= 11 is 0. The Balaban J connectivity index is 2.40. The van der Waals surface area contributed by atoms with Crippen LogP contribution in [0.1, 0.15) is 34.1 Å². The number of hydrogen-bond acceptors (Lipinski definition) is 3. The topological polar surface area (TPSA) is 52.7 Å². The van der Waals surface area contributed by atoms with Crippen LogP contribution < -0.4 is 5.32 Å². The monoisotopic (exact) mass is 255 g/mol. The number of carbonyl (C=O) groups is 2.